The minimum atomic E-state index is -0.800. The van der Waals surface area contributed by atoms with E-state index < -0.39 is 5.54 Å². The fourth-order valence-corrected chi connectivity index (χ4v) is 2.19. The van der Waals surface area contributed by atoms with Crippen LogP contribution in [0.1, 0.15) is 38.2 Å². The Labute approximate surface area is 126 Å². The van der Waals surface area contributed by atoms with Crippen molar-refractivity contribution < 1.29 is 9.53 Å². The quantitative estimate of drug-likeness (QED) is 0.902. The number of ether oxygens (including phenoxy) is 1. The van der Waals surface area contributed by atoms with Crippen molar-refractivity contribution in [2.75, 3.05) is 18.5 Å². The number of nitrogens with two attached hydrogens (primary N) is 1. The van der Waals surface area contributed by atoms with Crippen molar-refractivity contribution in [2.45, 2.75) is 38.1 Å². The zero-order chi connectivity index (χ0) is 13.9. The van der Waals surface area contributed by atoms with E-state index in [0.29, 0.717) is 32.0 Å². The van der Waals surface area contributed by atoms with Gasteiger partial charge in [-0.15, -0.1) is 12.4 Å². The number of nitrogens with one attached hydrogen (secondary N) is 1. The second-order valence-corrected chi connectivity index (χ2v) is 5.50. The molecule has 1 fully saturated rings. The second-order valence-electron chi connectivity index (χ2n) is 5.50. The van der Waals surface area contributed by atoms with Crippen LogP contribution >= 0.6 is 12.4 Å². The molecule has 2 rings (SSSR count). The molecule has 4 nitrogen and oxygen atoms in total. The zero-order valence-electron chi connectivity index (χ0n) is 12.0. The summed E-state index contributed by atoms with van der Waals surface area (Å²) in [5, 5.41) is 2.93. The summed E-state index contributed by atoms with van der Waals surface area (Å²) in [5.41, 5.74) is 7.37. The molecule has 0 spiro atoms. The minimum Gasteiger partial charge on any atom is -0.381 e. The van der Waals surface area contributed by atoms with Gasteiger partial charge in [-0.05, 0) is 36.5 Å². The Morgan fingerprint density at radius 2 is 2.00 bits per heavy atom. The number of hydrogen-bond acceptors (Lipinski definition) is 3. The average molecular weight is 299 g/mol. The lowest BCUT2D eigenvalue weighted by atomic mass is 9.90. The number of benzene rings is 1. The molecule has 3 N–H and O–H groups in total. The fourth-order valence-electron chi connectivity index (χ4n) is 2.19. The predicted octanol–water partition coefficient (Wildman–Crippen LogP) is 2.68. The van der Waals surface area contributed by atoms with Crippen molar-refractivity contribution in [3.05, 3.63) is 29.8 Å². The van der Waals surface area contributed by atoms with Crippen molar-refractivity contribution >= 4 is 24.0 Å². The number of halogens is 1. The molecule has 20 heavy (non-hydrogen) atoms. The van der Waals surface area contributed by atoms with Gasteiger partial charge in [0.25, 0.3) is 0 Å². The highest BCUT2D eigenvalue weighted by Gasteiger charge is 2.35. The summed E-state index contributed by atoms with van der Waals surface area (Å²) in [6, 6.07) is 7.92. The van der Waals surface area contributed by atoms with Crippen LogP contribution < -0.4 is 11.1 Å². The fraction of sp³-hybridized carbons (Fsp3) is 0.533. The number of rotatable bonds is 3. The predicted molar refractivity (Wildman–Crippen MR) is 83.4 cm³/mol. The molecule has 5 heteroatoms. The van der Waals surface area contributed by atoms with Crippen LogP contribution in [0, 0.1) is 0 Å². The standard InChI is InChI=1S/C15H22N2O2.ClH/c1-11(2)12-4-3-5-13(10-12)17-14(18)15(16)6-8-19-9-7-15;/h3-5,10-11H,6-9,16H2,1-2H3,(H,17,18);1H. The number of hydrogen-bond donors (Lipinski definition) is 2. The zero-order valence-corrected chi connectivity index (χ0v) is 12.8. The van der Waals surface area contributed by atoms with Crippen molar-refractivity contribution in [1.82, 2.24) is 0 Å². The lowest BCUT2D eigenvalue weighted by Gasteiger charge is -2.31. The SMILES string of the molecule is CC(C)c1cccc(NC(=O)C2(N)CCOCC2)c1.Cl. The summed E-state index contributed by atoms with van der Waals surface area (Å²) in [6.45, 7) is 5.36. The highest BCUT2D eigenvalue weighted by molar-refractivity contribution is 5.98. The second kappa shape index (κ2) is 7.07. The topological polar surface area (TPSA) is 64.4 Å². The van der Waals surface area contributed by atoms with E-state index in [4.69, 9.17) is 10.5 Å². The third kappa shape index (κ3) is 3.95. The first kappa shape index (κ1) is 17.0. The molecule has 0 unspecified atom stereocenters. The molecule has 1 aliphatic heterocycles. The largest absolute Gasteiger partial charge is 0.381 e. The van der Waals surface area contributed by atoms with E-state index in [1.807, 2.05) is 18.2 Å². The van der Waals surface area contributed by atoms with Crippen LogP contribution in [0.5, 0.6) is 0 Å². The monoisotopic (exact) mass is 298 g/mol. The highest BCUT2D eigenvalue weighted by Crippen LogP contribution is 2.22. The number of carbonyl (C=O) groups excluding carboxylic acids is 1. The first-order valence-electron chi connectivity index (χ1n) is 6.79. The molecule has 0 radical (unpaired) electrons. The molecule has 0 aliphatic carbocycles. The van der Waals surface area contributed by atoms with Gasteiger partial charge < -0.3 is 15.8 Å². The molecule has 0 aromatic heterocycles. The maximum atomic E-state index is 12.3. The van der Waals surface area contributed by atoms with E-state index in [0.717, 1.165) is 5.69 Å². The molecule has 1 aliphatic rings. The molecule has 1 saturated heterocycles. The summed E-state index contributed by atoms with van der Waals surface area (Å²) in [5.74, 6) is 0.323. The Morgan fingerprint density at radius 3 is 2.60 bits per heavy atom. The van der Waals surface area contributed by atoms with E-state index in [-0.39, 0.29) is 18.3 Å². The number of carbonyl (C=O) groups is 1. The van der Waals surface area contributed by atoms with Gasteiger partial charge in [0.05, 0.1) is 0 Å². The lowest BCUT2D eigenvalue weighted by molar-refractivity contribution is -0.124. The maximum absolute atomic E-state index is 12.3. The van der Waals surface area contributed by atoms with E-state index in [1.165, 1.54) is 5.56 Å². The van der Waals surface area contributed by atoms with Gasteiger partial charge >= 0.3 is 0 Å². The van der Waals surface area contributed by atoms with E-state index in [1.54, 1.807) is 0 Å². The van der Waals surface area contributed by atoms with Crippen LogP contribution in [0.15, 0.2) is 24.3 Å². The smallest absolute Gasteiger partial charge is 0.244 e. The molecular formula is C15H23ClN2O2. The van der Waals surface area contributed by atoms with Crippen LogP contribution in [-0.2, 0) is 9.53 Å². The first-order chi connectivity index (χ1) is 9.01. The molecule has 1 heterocycles. The van der Waals surface area contributed by atoms with Gasteiger partial charge in [0, 0.05) is 18.9 Å². The molecule has 1 aromatic rings. The summed E-state index contributed by atoms with van der Waals surface area (Å²) in [7, 11) is 0. The molecule has 1 amide bonds. The van der Waals surface area contributed by atoms with Crippen LogP contribution in [0.3, 0.4) is 0 Å². The summed E-state index contributed by atoms with van der Waals surface area (Å²) < 4.78 is 5.26. The van der Waals surface area contributed by atoms with Gasteiger partial charge in [0.15, 0.2) is 0 Å². The highest BCUT2D eigenvalue weighted by atomic mass is 35.5. The normalized spacial score (nSPS) is 17.4. The Balaban J connectivity index is 0.00000200. The minimum absolute atomic E-state index is 0. The number of amides is 1. The Hall–Kier alpha value is -1.10. The lowest BCUT2D eigenvalue weighted by Crippen LogP contribution is -2.54. The molecule has 112 valence electrons. The van der Waals surface area contributed by atoms with Crippen molar-refractivity contribution in [3.8, 4) is 0 Å². The van der Waals surface area contributed by atoms with Gasteiger partial charge in [0.1, 0.15) is 5.54 Å². The first-order valence-corrected chi connectivity index (χ1v) is 6.79. The van der Waals surface area contributed by atoms with Gasteiger partial charge in [-0.3, -0.25) is 4.79 Å². The van der Waals surface area contributed by atoms with Crippen molar-refractivity contribution in [1.29, 1.82) is 0 Å². The van der Waals surface area contributed by atoms with Crippen molar-refractivity contribution in [3.63, 3.8) is 0 Å². The van der Waals surface area contributed by atoms with Gasteiger partial charge in [-0.1, -0.05) is 26.0 Å². The Bertz CT molecular complexity index is 457. The van der Waals surface area contributed by atoms with Gasteiger partial charge in [-0.25, -0.2) is 0 Å². The molecular weight excluding hydrogens is 276 g/mol. The molecule has 0 atom stereocenters. The van der Waals surface area contributed by atoms with Crippen LogP contribution in [0.4, 0.5) is 5.69 Å². The Kier molecular flexibility index (Phi) is 5.99. The Morgan fingerprint density at radius 1 is 1.35 bits per heavy atom. The summed E-state index contributed by atoms with van der Waals surface area (Å²) >= 11 is 0. The summed E-state index contributed by atoms with van der Waals surface area (Å²) in [6.07, 6.45) is 1.14. The molecule has 0 saturated carbocycles. The van der Waals surface area contributed by atoms with Crippen LogP contribution in [0.25, 0.3) is 0 Å². The van der Waals surface area contributed by atoms with E-state index >= 15 is 0 Å². The number of anilines is 1. The van der Waals surface area contributed by atoms with Gasteiger partial charge in [0.2, 0.25) is 5.91 Å². The third-order valence-corrected chi connectivity index (χ3v) is 3.65. The summed E-state index contributed by atoms with van der Waals surface area (Å²) in [4.78, 5) is 12.3. The molecule has 0 bridgehead atoms. The third-order valence-electron chi connectivity index (χ3n) is 3.65. The average Bonchev–Trinajstić information content (AvgIpc) is 2.40. The molecule has 1 aromatic carbocycles. The maximum Gasteiger partial charge on any atom is 0.244 e. The van der Waals surface area contributed by atoms with Crippen LogP contribution in [0.2, 0.25) is 0 Å². The van der Waals surface area contributed by atoms with E-state index in [2.05, 4.69) is 25.2 Å². The van der Waals surface area contributed by atoms with E-state index in [9.17, 15) is 4.79 Å². The van der Waals surface area contributed by atoms with Crippen LogP contribution in [-0.4, -0.2) is 24.7 Å². The van der Waals surface area contributed by atoms with Gasteiger partial charge in [-0.2, -0.15) is 0 Å². The van der Waals surface area contributed by atoms with Crippen molar-refractivity contribution in [2.24, 2.45) is 5.73 Å².